The van der Waals surface area contributed by atoms with E-state index in [1.165, 1.54) is 25.9 Å². The first-order valence-electron chi connectivity index (χ1n) is 6.46. The predicted octanol–water partition coefficient (Wildman–Crippen LogP) is 0.000800. The summed E-state index contributed by atoms with van der Waals surface area (Å²) in [5.41, 5.74) is 0. The lowest BCUT2D eigenvalue weighted by molar-refractivity contribution is 0.0320. The van der Waals surface area contributed by atoms with Crippen molar-refractivity contribution in [2.45, 2.75) is 24.9 Å². The van der Waals surface area contributed by atoms with Gasteiger partial charge in [-0.15, -0.1) is 0 Å². The summed E-state index contributed by atoms with van der Waals surface area (Å²) in [4.78, 5) is 5.00. The fourth-order valence-corrected chi connectivity index (χ4v) is 2.67. The van der Waals surface area contributed by atoms with Crippen LogP contribution in [-0.4, -0.2) is 75.4 Å². The van der Waals surface area contributed by atoms with E-state index in [9.17, 15) is 0 Å². The molecule has 2 aliphatic heterocycles. The quantitative estimate of drug-likeness (QED) is 0.734. The molecular weight excluding hydrogens is 202 g/mol. The molecule has 16 heavy (non-hydrogen) atoms. The van der Waals surface area contributed by atoms with Crippen molar-refractivity contribution >= 4 is 0 Å². The topological polar surface area (TPSA) is 27.7 Å². The Hall–Kier alpha value is -0.160. The third kappa shape index (κ3) is 3.17. The molecule has 0 spiro atoms. The molecule has 4 heteroatoms. The van der Waals surface area contributed by atoms with Gasteiger partial charge in [0.2, 0.25) is 0 Å². The van der Waals surface area contributed by atoms with Crippen molar-refractivity contribution in [1.82, 2.24) is 15.1 Å². The van der Waals surface area contributed by atoms with Crippen molar-refractivity contribution in [3.63, 3.8) is 0 Å². The number of hydrogen-bond donors (Lipinski definition) is 1. The number of ether oxygens (including phenoxy) is 1. The highest BCUT2D eigenvalue weighted by atomic mass is 16.5. The molecule has 0 aromatic carbocycles. The Bertz CT molecular complexity index is 206. The number of rotatable bonds is 3. The van der Waals surface area contributed by atoms with E-state index >= 15 is 0 Å². The summed E-state index contributed by atoms with van der Waals surface area (Å²) < 4.78 is 5.41. The molecule has 2 rings (SSSR count). The number of hydrogen-bond acceptors (Lipinski definition) is 4. The fourth-order valence-electron chi connectivity index (χ4n) is 2.67. The molecule has 0 radical (unpaired) electrons. The van der Waals surface area contributed by atoms with Crippen molar-refractivity contribution in [3.05, 3.63) is 0 Å². The highest BCUT2D eigenvalue weighted by Gasteiger charge is 2.24. The summed E-state index contributed by atoms with van der Waals surface area (Å²) in [6.45, 7) is 6.49. The van der Waals surface area contributed by atoms with E-state index in [-0.39, 0.29) is 0 Å². The molecule has 2 aliphatic rings. The zero-order chi connectivity index (χ0) is 11.4. The van der Waals surface area contributed by atoms with Crippen LogP contribution in [0.3, 0.4) is 0 Å². The van der Waals surface area contributed by atoms with Gasteiger partial charge in [0.15, 0.2) is 0 Å². The Labute approximate surface area is 98.9 Å². The summed E-state index contributed by atoms with van der Waals surface area (Å²) in [5, 5.41) is 3.48. The minimum absolute atomic E-state index is 0.668. The molecule has 2 heterocycles. The molecule has 94 valence electrons. The molecule has 0 aromatic rings. The van der Waals surface area contributed by atoms with Crippen molar-refractivity contribution in [2.75, 3.05) is 53.5 Å². The Kier molecular flexibility index (Phi) is 4.58. The molecule has 1 N–H and O–H groups in total. The van der Waals surface area contributed by atoms with Crippen LogP contribution >= 0.6 is 0 Å². The first kappa shape index (κ1) is 12.3. The van der Waals surface area contributed by atoms with Crippen molar-refractivity contribution in [2.24, 2.45) is 0 Å². The van der Waals surface area contributed by atoms with E-state index in [1.54, 1.807) is 0 Å². The Morgan fingerprint density at radius 3 is 2.81 bits per heavy atom. The second kappa shape index (κ2) is 5.96. The smallest absolute Gasteiger partial charge is 0.0480 e. The number of piperazine rings is 1. The second-order valence-electron chi connectivity index (χ2n) is 5.12. The molecule has 1 unspecified atom stereocenters. The molecule has 1 atom stereocenters. The fraction of sp³-hybridized carbons (Fsp3) is 1.00. The molecule has 0 saturated carbocycles. The van der Waals surface area contributed by atoms with Crippen LogP contribution in [0.25, 0.3) is 0 Å². The maximum Gasteiger partial charge on any atom is 0.0480 e. The van der Waals surface area contributed by atoms with Crippen molar-refractivity contribution in [3.8, 4) is 0 Å². The van der Waals surface area contributed by atoms with E-state index < -0.39 is 0 Å². The molecule has 2 fully saturated rings. The van der Waals surface area contributed by atoms with Crippen LogP contribution in [0.5, 0.6) is 0 Å². The standard InChI is InChI=1S/C12H25N3O/c1-14-6-5-13-9-12(14)10-15(2)11-3-7-16-8-4-11/h11-13H,3-10H2,1-2H3. The Morgan fingerprint density at radius 2 is 2.12 bits per heavy atom. The van der Waals surface area contributed by atoms with Crippen LogP contribution in [0.15, 0.2) is 0 Å². The van der Waals surface area contributed by atoms with E-state index in [0.29, 0.717) is 6.04 Å². The third-order valence-corrected chi connectivity index (χ3v) is 3.96. The van der Waals surface area contributed by atoms with Gasteiger partial charge in [-0.2, -0.15) is 0 Å². The Balaban J connectivity index is 1.78. The SMILES string of the molecule is CN1CCNCC1CN(C)C1CCOCC1. The first-order chi connectivity index (χ1) is 7.77. The summed E-state index contributed by atoms with van der Waals surface area (Å²) in [6.07, 6.45) is 2.39. The minimum Gasteiger partial charge on any atom is -0.381 e. The van der Waals surface area contributed by atoms with Gasteiger partial charge in [-0.3, -0.25) is 4.90 Å². The number of nitrogens with one attached hydrogen (secondary N) is 1. The number of nitrogens with zero attached hydrogens (tertiary/aromatic N) is 2. The lowest BCUT2D eigenvalue weighted by Gasteiger charge is -2.39. The van der Waals surface area contributed by atoms with E-state index in [0.717, 1.165) is 32.3 Å². The highest BCUT2D eigenvalue weighted by molar-refractivity contribution is 4.82. The normalized spacial score (nSPS) is 29.8. The van der Waals surface area contributed by atoms with Crippen LogP contribution in [0.4, 0.5) is 0 Å². The number of likely N-dealkylation sites (N-methyl/N-ethyl adjacent to an activating group) is 2. The predicted molar refractivity (Wildman–Crippen MR) is 65.8 cm³/mol. The Morgan fingerprint density at radius 1 is 1.38 bits per heavy atom. The lowest BCUT2D eigenvalue weighted by atomic mass is 10.1. The largest absolute Gasteiger partial charge is 0.381 e. The van der Waals surface area contributed by atoms with Gasteiger partial charge in [-0.25, -0.2) is 0 Å². The van der Waals surface area contributed by atoms with Crippen molar-refractivity contribution in [1.29, 1.82) is 0 Å². The molecule has 0 aromatic heterocycles. The van der Waals surface area contributed by atoms with Crippen LogP contribution in [-0.2, 0) is 4.74 Å². The third-order valence-electron chi connectivity index (χ3n) is 3.96. The van der Waals surface area contributed by atoms with Crippen LogP contribution in [0.2, 0.25) is 0 Å². The first-order valence-corrected chi connectivity index (χ1v) is 6.46. The molecule has 4 nitrogen and oxygen atoms in total. The van der Waals surface area contributed by atoms with Gasteiger partial charge in [0.1, 0.15) is 0 Å². The van der Waals surface area contributed by atoms with Gasteiger partial charge in [0.05, 0.1) is 0 Å². The summed E-state index contributed by atoms with van der Waals surface area (Å²) in [5.74, 6) is 0. The maximum absolute atomic E-state index is 5.41. The van der Waals surface area contributed by atoms with Crippen molar-refractivity contribution < 1.29 is 4.74 Å². The second-order valence-corrected chi connectivity index (χ2v) is 5.12. The summed E-state index contributed by atoms with van der Waals surface area (Å²) in [6, 6.07) is 1.39. The van der Waals surface area contributed by atoms with Gasteiger partial charge < -0.3 is 15.0 Å². The van der Waals surface area contributed by atoms with Gasteiger partial charge in [0.25, 0.3) is 0 Å². The average molecular weight is 227 g/mol. The van der Waals surface area contributed by atoms with Crippen LogP contribution in [0.1, 0.15) is 12.8 Å². The van der Waals surface area contributed by atoms with E-state index in [1.807, 2.05) is 0 Å². The monoisotopic (exact) mass is 227 g/mol. The molecule has 2 saturated heterocycles. The van der Waals surface area contributed by atoms with Gasteiger partial charge in [0, 0.05) is 51.5 Å². The molecule has 0 aliphatic carbocycles. The van der Waals surface area contributed by atoms with Gasteiger partial charge in [-0.05, 0) is 26.9 Å². The van der Waals surface area contributed by atoms with Gasteiger partial charge >= 0.3 is 0 Å². The molecule has 0 amide bonds. The zero-order valence-electron chi connectivity index (χ0n) is 10.6. The summed E-state index contributed by atoms with van der Waals surface area (Å²) in [7, 11) is 4.50. The molecule has 0 bridgehead atoms. The minimum atomic E-state index is 0.668. The lowest BCUT2D eigenvalue weighted by Crippen LogP contribution is -2.55. The van der Waals surface area contributed by atoms with Gasteiger partial charge in [-0.1, -0.05) is 0 Å². The van der Waals surface area contributed by atoms with Crippen LogP contribution in [0, 0.1) is 0 Å². The maximum atomic E-state index is 5.41. The molecular formula is C12H25N3O. The summed E-state index contributed by atoms with van der Waals surface area (Å²) >= 11 is 0. The van der Waals surface area contributed by atoms with E-state index in [2.05, 4.69) is 29.2 Å². The highest BCUT2D eigenvalue weighted by Crippen LogP contribution is 2.14. The zero-order valence-corrected chi connectivity index (χ0v) is 10.6. The average Bonchev–Trinajstić information content (AvgIpc) is 2.33. The van der Waals surface area contributed by atoms with Crippen LogP contribution < -0.4 is 5.32 Å². The van der Waals surface area contributed by atoms with E-state index in [4.69, 9.17) is 4.74 Å².